The number of carbonyl (C=O) groups excluding carboxylic acids is 2. The van der Waals surface area contributed by atoms with Crippen LogP contribution in [0, 0.1) is 68.0 Å². The van der Waals surface area contributed by atoms with Crippen molar-refractivity contribution in [1.82, 2.24) is 0 Å². The summed E-state index contributed by atoms with van der Waals surface area (Å²) in [5.74, 6) is 2.59. The molecule has 5 aliphatic rings. The van der Waals surface area contributed by atoms with Crippen LogP contribution in [0.3, 0.4) is 0 Å². The quantitative estimate of drug-likeness (QED) is 0.188. The second-order valence-corrected chi connectivity index (χ2v) is 20.1. The highest BCUT2D eigenvalue weighted by Gasteiger charge is 2.71. The van der Waals surface area contributed by atoms with Gasteiger partial charge in [-0.3, -0.25) is 14.4 Å². The largest absolute Gasteiger partial charge is 0.481 e. The van der Waals surface area contributed by atoms with E-state index in [1.165, 1.54) is 50.5 Å². The maximum atomic E-state index is 13.5. The predicted octanol–water partition coefficient (Wildman–Crippen LogP) is 10.5. The van der Waals surface area contributed by atoms with Crippen molar-refractivity contribution in [2.45, 2.75) is 165 Å². The van der Waals surface area contributed by atoms with Crippen molar-refractivity contribution < 1.29 is 24.2 Å². The maximum Gasteiger partial charge on any atom is 0.306 e. The van der Waals surface area contributed by atoms with Gasteiger partial charge in [-0.15, -0.1) is 0 Å². The van der Waals surface area contributed by atoms with Gasteiger partial charge in [-0.2, -0.15) is 0 Å². The highest BCUT2D eigenvalue weighted by atomic mass is 16.5. The van der Waals surface area contributed by atoms with Crippen molar-refractivity contribution in [2.24, 2.45) is 68.0 Å². The van der Waals surface area contributed by atoms with Crippen molar-refractivity contribution in [3.05, 3.63) is 12.2 Å². The van der Waals surface area contributed by atoms with E-state index in [0.29, 0.717) is 47.7 Å². The Kier molecular flexibility index (Phi) is 9.58. The zero-order chi connectivity index (χ0) is 35.0. The number of ketones is 1. The molecule has 0 radical (unpaired) electrons. The fourth-order valence-corrected chi connectivity index (χ4v) is 13.8. The Morgan fingerprint density at radius 3 is 2.15 bits per heavy atom. The minimum atomic E-state index is -0.878. The molecule has 10 atom stereocenters. The van der Waals surface area contributed by atoms with Crippen LogP contribution in [-0.4, -0.2) is 28.9 Å². The number of Topliss-reactive ketones (excluding diaryl/α,β-unsaturated/α-hetero) is 1. The second-order valence-electron chi connectivity index (χ2n) is 20.1. The van der Waals surface area contributed by atoms with Gasteiger partial charge in [-0.25, -0.2) is 0 Å². The van der Waals surface area contributed by atoms with Gasteiger partial charge in [0.15, 0.2) is 0 Å². The van der Waals surface area contributed by atoms with Gasteiger partial charge < -0.3 is 9.84 Å². The monoisotopic (exact) mass is 653 g/mol. The van der Waals surface area contributed by atoms with Gasteiger partial charge in [0.25, 0.3) is 0 Å². The highest BCUT2D eigenvalue weighted by molar-refractivity contribution is 5.79. The molecule has 5 nitrogen and oxygen atoms in total. The average molecular weight is 653 g/mol. The molecule has 0 aliphatic heterocycles. The molecule has 0 amide bonds. The van der Waals surface area contributed by atoms with E-state index in [1.807, 2.05) is 13.8 Å². The van der Waals surface area contributed by atoms with E-state index in [2.05, 4.69) is 62.0 Å². The average Bonchev–Trinajstić information content (AvgIpc) is 3.28. The lowest BCUT2D eigenvalue weighted by Gasteiger charge is -2.73. The molecule has 0 saturated heterocycles. The number of hydrogen-bond donors (Lipinski definition) is 1. The minimum absolute atomic E-state index is 0.0414. The number of esters is 1. The van der Waals surface area contributed by atoms with E-state index in [-0.39, 0.29) is 52.0 Å². The van der Waals surface area contributed by atoms with Gasteiger partial charge >= 0.3 is 11.9 Å². The predicted molar refractivity (Wildman–Crippen MR) is 189 cm³/mol. The normalized spacial score (nSPS) is 42.4. The lowest BCUT2D eigenvalue weighted by molar-refractivity contribution is -0.250. The number of carbonyl (C=O) groups is 3. The molecular formula is C42H68O5. The van der Waals surface area contributed by atoms with Crippen molar-refractivity contribution in [3.63, 3.8) is 0 Å². The Hall–Kier alpha value is -1.65. The number of allylic oxidation sites excluding steroid dienone is 1. The Morgan fingerprint density at radius 1 is 0.851 bits per heavy atom. The van der Waals surface area contributed by atoms with Crippen LogP contribution < -0.4 is 0 Å². The summed E-state index contributed by atoms with van der Waals surface area (Å²) in [6.07, 6.45) is 13.1. The fraction of sp³-hybridized carbons (Fsp3) is 0.881. The first-order valence-corrected chi connectivity index (χ1v) is 19.2. The molecule has 0 spiro atoms. The molecule has 47 heavy (non-hydrogen) atoms. The van der Waals surface area contributed by atoms with E-state index in [0.717, 1.165) is 25.7 Å². The summed E-state index contributed by atoms with van der Waals surface area (Å²) in [6, 6.07) is 0. The summed E-state index contributed by atoms with van der Waals surface area (Å²) in [4.78, 5) is 38.0. The molecule has 5 saturated carbocycles. The Labute approximate surface area is 286 Å². The van der Waals surface area contributed by atoms with Gasteiger partial charge in [-0.05, 0) is 134 Å². The zero-order valence-corrected chi connectivity index (χ0v) is 31.7. The SMILES string of the molecule is C=C(C)[C@@H]1CC[C@]2(CC(=O)CC(C)C)CC[C@]3(C)[C@H](CC[C@@H]4[C@@]5(C)CC[C@H](OC(=O)CC(C)(C)CC(=O)O)C(C)(C)[C@@H]5CC[C@]43C)[C@@H]12. The molecule has 0 unspecified atom stereocenters. The van der Waals surface area contributed by atoms with E-state index in [1.54, 1.807) is 0 Å². The number of aliphatic carboxylic acids is 1. The molecule has 0 aromatic heterocycles. The molecule has 5 aliphatic carbocycles. The van der Waals surface area contributed by atoms with Crippen molar-refractivity contribution >= 4 is 17.7 Å². The molecule has 0 bridgehead atoms. The second kappa shape index (κ2) is 12.3. The summed E-state index contributed by atoms with van der Waals surface area (Å²) in [5.41, 5.74) is 1.36. The minimum Gasteiger partial charge on any atom is -0.481 e. The van der Waals surface area contributed by atoms with Crippen LogP contribution in [0.2, 0.25) is 0 Å². The van der Waals surface area contributed by atoms with Gasteiger partial charge in [0, 0.05) is 18.3 Å². The van der Waals surface area contributed by atoms with Crippen LogP contribution in [0.5, 0.6) is 0 Å². The summed E-state index contributed by atoms with van der Waals surface area (Å²) in [5, 5.41) is 9.32. The first-order valence-electron chi connectivity index (χ1n) is 19.2. The van der Waals surface area contributed by atoms with Gasteiger partial charge in [0.05, 0.1) is 12.8 Å². The first-order chi connectivity index (χ1) is 21.6. The van der Waals surface area contributed by atoms with Crippen LogP contribution in [-0.2, 0) is 19.1 Å². The number of hydrogen-bond acceptors (Lipinski definition) is 4. The van der Waals surface area contributed by atoms with Gasteiger partial charge in [0.1, 0.15) is 11.9 Å². The molecular weight excluding hydrogens is 584 g/mol. The summed E-state index contributed by atoms with van der Waals surface area (Å²) in [6.45, 7) is 27.4. The Morgan fingerprint density at radius 2 is 1.53 bits per heavy atom. The van der Waals surface area contributed by atoms with Crippen LogP contribution in [0.4, 0.5) is 0 Å². The molecule has 1 N–H and O–H groups in total. The lowest BCUT2D eigenvalue weighted by atomic mass is 9.32. The molecule has 5 heteroatoms. The van der Waals surface area contributed by atoms with E-state index in [4.69, 9.17) is 4.74 Å². The van der Waals surface area contributed by atoms with E-state index in [9.17, 15) is 19.5 Å². The van der Waals surface area contributed by atoms with E-state index < -0.39 is 11.4 Å². The highest BCUT2D eigenvalue weighted by Crippen LogP contribution is 2.78. The third kappa shape index (κ3) is 6.08. The molecule has 0 aromatic carbocycles. The Bertz CT molecular complexity index is 1260. The van der Waals surface area contributed by atoms with Crippen molar-refractivity contribution in [1.29, 1.82) is 0 Å². The van der Waals surface area contributed by atoms with Crippen LogP contribution >= 0.6 is 0 Å². The smallest absolute Gasteiger partial charge is 0.306 e. The molecule has 5 fully saturated rings. The summed E-state index contributed by atoms with van der Waals surface area (Å²) < 4.78 is 6.27. The van der Waals surface area contributed by atoms with Gasteiger partial charge in [-0.1, -0.05) is 74.5 Å². The summed E-state index contributed by atoms with van der Waals surface area (Å²) in [7, 11) is 0. The van der Waals surface area contributed by atoms with Crippen molar-refractivity contribution in [3.8, 4) is 0 Å². The number of rotatable bonds is 10. The van der Waals surface area contributed by atoms with Crippen molar-refractivity contribution in [2.75, 3.05) is 0 Å². The molecule has 0 heterocycles. The van der Waals surface area contributed by atoms with Crippen LogP contribution in [0.15, 0.2) is 12.2 Å². The Balaban J connectivity index is 1.39. The number of carboxylic acid groups (broad SMARTS) is 1. The number of carboxylic acids is 1. The van der Waals surface area contributed by atoms with E-state index >= 15 is 0 Å². The summed E-state index contributed by atoms with van der Waals surface area (Å²) >= 11 is 0. The topological polar surface area (TPSA) is 80.7 Å². The lowest BCUT2D eigenvalue weighted by Crippen LogP contribution is -2.66. The maximum absolute atomic E-state index is 13.5. The van der Waals surface area contributed by atoms with Crippen LogP contribution in [0.25, 0.3) is 0 Å². The molecule has 5 rings (SSSR count). The standard InChI is InChI=1S/C42H68O5/c1-26(2)22-28(43)23-42-19-14-29(27(3)4)36(42)30-12-13-32-39(9)17-16-33(47-35(46)25-37(5,6)24-34(44)45)38(7,8)31(39)15-18-41(32,11)40(30,10)20-21-42/h26,29-33,36H,3,12-25H2,1-2,4-11H3,(H,44,45)/t29-,30+,31-,32+,33-,36+,39-,40+,41+,42+/m0/s1. The third-order valence-electron chi connectivity index (χ3n) is 15.9. The number of ether oxygens (including phenoxy) is 1. The van der Waals surface area contributed by atoms with Gasteiger partial charge in [0.2, 0.25) is 0 Å². The zero-order valence-electron chi connectivity index (χ0n) is 31.7. The third-order valence-corrected chi connectivity index (χ3v) is 15.9. The fourth-order valence-electron chi connectivity index (χ4n) is 13.8. The molecule has 266 valence electrons. The molecule has 0 aromatic rings. The number of fused-ring (bicyclic) bond motifs is 7. The van der Waals surface area contributed by atoms with Crippen LogP contribution in [0.1, 0.15) is 159 Å². The first kappa shape index (κ1) is 36.6.